The summed E-state index contributed by atoms with van der Waals surface area (Å²) in [6.07, 6.45) is -4.80. The molecule has 0 fully saturated rings. The second-order valence-electron chi connectivity index (χ2n) is 3.28. The van der Waals surface area contributed by atoms with E-state index in [2.05, 4.69) is 4.74 Å². The molecule has 0 saturated heterocycles. The number of rotatable bonds is 3. The van der Waals surface area contributed by atoms with Gasteiger partial charge in [0.05, 0.1) is 12.7 Å². The number of alkyl halides is 5. The smallest absolute Gasteiger partial charge is 0.419 e. The van der Waals surface area contributed by atoms with E-state index in [-0.39, 0.29) is 6.07 Å². The molecule has 17 heavy (non-hydrogen) atoms. The number of aliphatic hydroxyl groups is 1. The molecule has 7 heteroatoms. The minimum Gasteiger partial charge on any atom is -0.496 e. The quantitative estimate of drug-likeness (QED) is 0.842. The first-order chi connectivity index (χ1) is 7.72. The summed E-state index contributed by atoms with van der Waals surface area (Å²) in [7, 11) is 1.01. The van der Waals surface area contributed by atoms with Crippen LogP contribution in [0.5, 0.6) is 5.75 Å². The largest absolute Gasteiger partial charge is 0.496 e. The van der Waals surface area contributed by atoms with Crippen LogP contribution in [0.25, 0.3) is 0 Å². The predicted molar refractivity (Wildman–Crippen MR) is 49.0 cm³/mol. The van der Waals surface area contributed by atoms with Crippen LogP contribution in [0.4, 0.5) is 22.0 Å². The zero-order valence-corrected chi connectivity index (χ0v) is 8.68. The maximum Gasteiger partial charge on any atom is 0.419 e. The average molecular weight is 256 g/mol. The Morgan fingerprint density at radius 1 is 1.18 bits per heavy atom. The highest BCUT2D eigenvalue weighted by Crippen LogP contribution is 2.39. The van der Waals surface area contributed by atoms with Crippen LogP contribution >= 0.6 is 0 Å². The van der Waals surface area contributed by atoms with E-state index >= 15 is 0 Å². The summed E-state index contributed by atoms with van der Waals surface area (Å²) in [5.74, 6) is -4.26. The van der Waals surface area contributed by atoms with Gasteiger partial charge in [-0.3, -0.25) is 0 Å². The molecule has 0 saturated carbocycles. The van der Waals surface area contributed by atoms with Gasteiger partial charge >= 0.3 is 6.18 Å². The third kappa shape index (κ3) is 2.85. The lowest BCUT2D eigenvalue weighted by atomic mass is 10.0. The number of ether oxygens (including phenoxy) is 1. The molecule has 2 nitrogen and oxygen atoms in total. The number of aliphatic hydroxyl groups excluding tert-OH is 1. The molecule has 96 valence electrons. The Bertz CT molecular complexity index is 400. The summed E-state index contributed by atoms with van der Waals surface area (Å²) >= 11 is 0. The van der Waals surface area contributed by atoms with E-state index in [1.165, 1.54) is 0 Å². The SMILES string of the molecule is COc1ccc(C(F)(F)CO)cc1C(F)(F)F. The van der Waals surface area contributed by atoms with Crippen molar-refractivity contribution >= 4 is 0 Å². The number of benzene rings is 1. The third-order valence-corrected chi connectivity index (χ3v) is 2.13. The van der Waals surface area contributed by atoms with Crippen molar-refractivity contribution in [2.24, 2.45) is 0 Å². The van der Waals surface area contributed by atoms with E-state index in [0.717, 1.165) is 19.2 Å². The summed E-state index contributed by atoms with van der Waals surface area (Å²) < 4.78 is 68.1. The molecule has 0 bridgehead atoms. The number of hydrogen-bond donors (Lipinski definition) is 1. The second-order valence-corrected chi connectivity index (χ2v) is 3.28. The zero-order valence-electron chi connectivity index (χ0n) is 8.68. The molecular formula is C10H9F5O2. The third-order valence-electron chi connectivity index (χ3n) is 2.13. The molecule has 1 N–H and O–H groups in total. The summed E-state index contributed by atoms with van der Waals surface area (Å²) in [5.41, 5.74) is -2.21. The summed E-state index contributed by atoms with van der Waals surface area (Å²) in [6.45, 7) is -1.56. The van der Waals surface area contributed by atoms with E-state index in [1.54, 1.807) is 0 Å². The molecule has 1 rings (SSSR count). The van der Waals surface area contributed by atoms with Gasteiger partial charge in [-0.1, -0.05) is 0 Å². The highest BCUT2D eigenvalue weighted by atomic mass is 19.4. The van der Waals surface area contributed by atoms with Gasteiger partial charge in [0.15, 0.2) is 0 Å². The Balaban J connectivity index is 3.33. The number of halogens is 5. The van der Waals surface area contributed by atoms with Crippen molar-refractivity contribution in [1.82, 2.24) is 0 Å². The Morgan fingerprint density at radius 3 is 2.18 bits per heavy atom. The molecule has 0 radical (unpaired) electrons. The normalized spacial score (nSPS) is 12.6. The van der Waals surface area contributed by atoms with Crippen molar-refractivity contribution < 1.29 is 31.8 Å². The van der Waals surface area contributed by atoms with Crippen LogP contribution in [0.1, 0.15) is 11.1 Å². The lowest BCUT2D eigenvalue weighted by Gasteiger charge is -2.17. The Hall–Kier alpha value is -1.37. The fourth-order valence-corrected chi connectivity index (χ4v) is 1.25. The van der Waals surface area contributed by atoms with Crippen molar-refractivity contribution in [2.75, 3.05) is 13.7 Å². The maximum absolute atomic E-state index is 13.0. The van der Waals surface area contributed by atoms with E-state index in [9.17, 15) is 22.0 Å². The van der Waals surface area contributed by atoms with Gasteiger partial charge in [-0.2, -0.15) is 22.0 Å². The van der Waals surface area contributed by atoms with E-state index in [1.807, 2.05) is 0 Å². The summed E-state index contributed by atoms with van der Waals surface area (Å²) in [6, 6.07) is 1.85. The minimum atomic E-state index is -4.80. The molecule has 0 atom stereocenters. The monoisotopic (exact) mass is 256 g/mol. The average Bonchev–Trinajstić information content (AvgIpc) is 2.27. The van der Waals surface area contributed by atoms with Crippen molar-refractivity contribution in [3.8, 4) is 5.75 Å². The van der Waals surface area contributed by atoms with E-state index in [0.29, 0.717) is 0 Å². The van der Waals surface area contributed by atoms with Gasteiger partial charge < -0.3 is 9.84 Å². The Kier molecular flexibility index (Phi) is 3.61. The Labute approximate surface area is 93.6 Å². The van der Waals surface area contributed by atoms with Gasteiger partial charge in [0.25, 0.3) is 5.92 Å². The fourth-order valence-electron chi connectivity index (χ4n) is 1.25. The zero-order chi connectivity index (χ0) is 13.3. The molecule has 0 aliphatic heterocycles. The fraction of sp³-hybridized carbons (Fsp3) is 0.400. The molecule has 1 aromatic rings. The van der Waals surface area contributed by atoms with Gasteiger partial charge in [-0.25, -0.2) is 0 Å². The van der Waals surface area contributed by atoms with Crippen LogP contribution in [0.15, 0.2) is 18.2 Å². The molecule has 0 aliphatic rings. The van der Waals surface area contributed by atoms with Gasteiger partial charge in [0.1, 0.15) is 12.4 Å². The first-order valence-corrected chi connectivity index (χ1v) is 4.47. The van der Waals surface area contributed by atoms with Crippen molar-refractivity contribution in [2.45, 2.75) is 12.1 Å². The second kappa shape index (κ2) is 4.48. The molecule has 0 aliphatic carbocycles. The van der Waals surface area contributed by atoms with Crippen LogP contribution in [-0.4, -0.2) is 18.8 Å². The number of methoxy groups -OCH3 is 1. The van der Waals surface area contributed by atoms with E-state index < -0.39 is 35.6 Å². The van der Waals surface area contributed by atoms with Crippen LogP contribution in [0.2, 0.25) is 0 Å². The molecule has 1 aromatic carbocycles. The van der Waals surface area contributed by atoms with Gasteiger partial charge in [-0.15, -0.1) is 0 Å². The first-order valence-electron chi connectivity index (χ1n) is 4.47. The topological polar surface area (TPSA) is 29.5 Å². The molecule has 0 spiro atoms. The minimum absolute atomic E-state index is 0.273. The molecule has 0 unspecified atom stereocenters. The highest BCUT2D eigenvalue weighted by molar-refractivity contribution is 5.40. The van der Waals surface area contributed by atoms with Crippen LogP contribution in [-0.2, 0) is 12.1 Å². The molecular weight excluding hydrogens is 247 g/mol. The van der Waals surface area contributed by atoms with Gasteiger partial charge in [0.2, 0.25) is 0 Å². The van der Waals surface area contributed by atoms with Crippen molar-refractivity contribution in [1.29, 1.82) is 0 Å². The first kappa shape index (κ1) is 13.7. The van der Waals surface area contributed by atoms with Crippen LogP contribution in [0.3, 0.4) is 0 Å². The van der Waals surface area contributed by atoms with E-state index in [4.69, 9.17) is 5.11 Å². The lowest BCUT2D eigenvalue weighted by molar-refractivity contribution is -0.139. The number of hydrogen-bond acceptors (Lipinski definition) is 2. The van der Waals surface area contributed by atoms with Gasteiger partial charge in [0, 0.05) is 5.56 Å². The summed E-state index contributed by atoms with van der Waals surface area (Å²) in [4.78, 5) is 0. The van der Waals surface area contributed by atoms with Crippen LogP contribution in [0, 0.1) is 0 Å². The summed E-state index contributed by atoms with van der Waals surface area (Å²) in [5, 5.41) is 8.41. The van der Waals surface area contributed by atoms with Crippen molar-refractivity contribution in [3.63, 3.8) is 0 Å². The lowest BCUT2D eigenvalue weighted by Crippen LogP contribution is -2.20. The highest BCUT2D eigenvalue weighted by Gasteiger charge is 2.38. The molecule has 0 heterocycles. The standard InChI is InChI=1S/C10H9F5O2/c1-17-8-3-2-6(9(11,12)5-16)4-7(8)10(13,14)15/h2-4,16H,5H2,1H3. The van der Waals surface area contributed by atoms with Gasteiger partial charge in [-0.05, 0) is 18.2 Å². The molecule has 0 aromatic heterocycles. The Morgan fingerprint density at radius 2 is 1.76 bits per heavy atom. The van der Waals surface area contributed by atoms with Crippen molar-refractivity contribution in [3.05, 3.63) is 29.3 Å². The maximum atomic E-state index is 13.0. The molecule has 0 amide bonds. The van der Waals surface area contributed by atoms with Crippen LogP contribution < -0.4 is 4.74 Å². The predicted octanol–water partition coefficient (Wildman–Crippen LogP) is 2.80.